The molecule has 1 aliphatic heterocycles. The molecule has 1 saturated heterocycles. The van der Waals surface area contributed by atoms with Crippen LogP contribution in [-0.4, -0.2) is 38.7 Å². The van der Waals surface area contributed by atoms with Gasteiger partial charge >= 0.3 is 0 Å². The molecule has 24 heavy (non-hydrogen) atoms. The Morgan fingerprint density at radius 3 is 2.79 bits per heavy atom. The number of nitrogens with zero attached hydrogens (tertiary/aromatic N) is 4. The first-order valence-electron chi connectivity index (χ1n) is 7.95. The van der Waals surface area contributed by atoms with E-state index in [1.165, 1.54) is 0 Å². The van der Waals surface area contributed by atoms with Gasteiger partial charge in [-0.2, -0.15) is 10.1 Å². The molecule has 0 aromatic carbocycles. The fourth-order valence-electron chi connectivity index (χ4n) is 2.72. The summed E-state index contributed by atoms with van der Waals surface area (Å²) in [7, 11) is 1.81. The van der Waals surface area contributed by atoms with Gasteiger partial charge in [-0.25, -0.2) is 4.68 Å². The number of aryl methyl sites for hydroxylation is 2. The molecule has 1 amide bonds. The lowest BCUT2D eigenvalue weighted by molar-refractivity contribution is -0.115. The fraction of sp³-hybridized carbons (Fsp3) is 0.500. The molecule has 0 bridgehead atoms. The molecule has 3 heterocycles. The Balaban J connectivity index is 0.00000208. The number of hydrogen-bond donors (Lipinski definition) is 2. The van der Waals surface area contributed by atoms with Crippen LogP contribution >= 0.6 is 12.4 Å². The molecule has 2 N–H and O–H groups in total. The van der Waals surface area contributed by atoms with Crippen LogP contribution in [-0.2, 0) is 18.3 Å². The van der Waals surface area contributed by atoms with Gasteiger partial charge in [0.1, 0.15) is 0 Å². The lowest BCUT2D eigenvalue weighted by Gasteiger charge is -2.19. The van der Waals surface area contributed by atoms with Crippen molar-refractivity contribution in [2.75, 3.05) is 18.4 Å². The maximum atomic E-state index is 12.2. The summed E-state index contributed by atoms with van der Waals surface area (Å²) in [5.74, 6) is 1.59. The van der Waals surface area contributed by atoms with Crippen molar-refractivity contribution in [3.63, 3.8) is 0 Å². The number of pyridine rings is 1. The highest BCUT2D eigenvalue weighted by molar-refractivity contribution is 5.90. The minimum atomic E-state index is -0.108. The summed E-state index contributed by atoms with van der Waals surface area (Å²) in [6, 6.07) is 3.82. The van der Waals surface area contributed by atoms with Crippen molar-refractivity contribution in [3.05, 3.63) is 35.4 Å². The summed E-state index contributed by atoms with van der Waals surface area (Å²) in [6.07, 6.45) is 4.08. The number of carbonyl (C=O) groups is 1. The van der Waals surface area contributed by atoms with Crippen LogP contribution in [0.1, 0.15) is 35.8 Å². The van der Waals surface area contributed by atoms with Crippen molar-refractivity contribution in [2.24, 2.45) is 7.05 Å². The summed E-state index contributed by atoms with van der Waals surface area (Å²) in [6.45, 7) is 3.90. The SMILES string of the molecule is Cc1ccc(CC(=O)Nc2nc(C3CCNCC3)nn2C)cn1.Cl. The van der Waals surface area contributed by atoms with Gasteiger partial charge in [0.25, 0.3) is 0 Å². The van der Waals surface area contributed by atoms with E-state index in [2.05, 4.69) is 25.7 Å². The first kappa shape index (κ1) is 18.4. The monoisotopic (exact) mass is 350 g/mol. The molecular weight excluding hydrogens is 328 g/mol. The molecule has 0 atom stereocenters. The van der Waals surface area contributed by atoms with Crippen LogP contribution in [0.4, 0.5) is 5.95 Å². The van der Waals surface area contributed by atoms with Gasteiger partial charge in [0.2, 0.25) is 11.9 Å². The van der Waals surface area contributed by atoms with E-state index in [1.54, 1.807) is 17.9 Å². The maximum Gasteiger partial charge on any atom is 0.231 e. The van der Waals surface area contributed by atoms with Gasteiger partial charge in [0.05, 0.1) is 6.42 Å². The molecular formula is C16H23ClN6O. The van der Waals surface area contributed by atoms with Gasteiger partial charge in [-0.15, -0.1) is 12.4 Å². The normalized spacial score (nSPS) is 14.9. The number of amides is 1. The topological polar surface area (TPSA) is 84.7 Å². The lowest BCUT2D eigenvalue weighted by atomic mass is 9.98. The Morgan fingerprint density at radius 1 is 1.38 bits per heavy atom. The third kappa shape index (κ3) is 4.52. The molecule has 2 aromatic heterocycles. The second-order valence-electron chi connectivity index (χ2n) is 5.97. The second-order valence-corrected chi connectivity index (χ2v) is 5.97. The Bertz CT molecular complexity index is 678. The summed E-state index contributed by atoms with van der Waals surface area (Å²) in [4.78, 5) is 20.9. The molecule has 3 rings (SSSR count). The van der Waals surface area contributed by atoms with Crippen LogP contribution in [0.15, 0.2) is 18.3 Å². The average Bonchev–Trinajstić information content (AvgIpc) is 2.91. The number of nitrogens with one attached hydrogen (secondary N) is 2. The molecule has 2 aromatic rings. The zero-order valence-corrected chi connectivity index (χ0v) is 14.8. The third-order valence-corrected chi connectivity index (χ3v) is 4.07. The van der Waals surface area contributed by atoms with Gasteiger partial charge < -0.3 is 5.32 Å². The van der Waals surface area contributed by atoms with E-state index in [4.69, 9.17) is 0 Å². The predicted octanol–water partition coefficient (Wildman–Crippen LogP) is 1.59. The molecule has 130 valence electrons. The quantitative estimate of drug-likeness (QED) is 0.874. The summed E-state index contributed by atoms with van der Waals surface area (Å²) < 4.78 is 1.64. The molecule has 1 fully saturated rings. The molecule has 1 aliphatic rings. The molecule has 0 spiro atoms. The Labute approximate surface area is 147 Å². The Hall–Kier alpha value is -1.99. The zero-order chi connectivity index (χ0) is 16.2. The number of piperidine rings is 1. The van der Waals surface area contributed by atoms with E-state index in [1.807, 2.05) is 19.1 Å². The molecule has 8 heteroatoms. The number of hydrogen-bond acceptors (Lipinski definition) is 5. The zero-order valence-electron chi connectivity index (χ0n) is 14.0. The minimum absolute atomic E-state index is 0. The first-order valence-corrected chi connectivity index (χ1v) is 7.95. The highest BCUT2D eigenvalue weighted by atomic mass is 35.5. The smallest absolute Gasteiger partial charge is 0.231 e. The van der Waals surface area contributed by atoms with Gasteiger partial charge in [0, 0.05) is 24.9 Å². The van der Waals surface area contributed by atoms with Crippen molar-refractivity contribution in [1.29, 1.82) is 0 Å². The van der Waals surface area contributed by atoms with Gasteiger partial charge in [-0.05, 0) is 44.5 Å². The van der Waals surface area contributed by atoms with Gasteiger partial charge in [-0.3, -0.25) is 15.1 Å². The van der Waals surface area contributed by atoms with Crippen LogP contribution < -0.4 is 10.6 Å². The maximum absolute atomic E-state index is 12.2. The van der Waals surface area contributed by atoms with E-state index in [9.17, 15) is 4.79 Å². The summed E-state index contributed by atoms with van der Waals surface area (Å²) >= 11 is 0. The van der Waals surface area contributed by atoms with Crippen LogP contribution in [0.25, 0.3) is 0 Å². The molecule has 7 nitrogen and oxygen atoms in total. The van der Waals surface area contributed by atoms with Crippen molar-refractivity contribution in [3.8, 4) is 0 Å². The van der Waals surface area contributed by atoms with Gasteiger partial charge in [-0.1, -0.05) is 6.07 Å². The van der Waals surface area contributed by atoms with E-state index in [0.717, 1.165) is 43.0 Å². The highest BCUT2D eigenvalue weighted by Gasteiger charge is 2.21. The lowest BCUT2D eigenvalue weighted by Crippen LogP contribution is -2.27. The van der Waals surface area contributed by atoms with E-state index >= 15 is 0 Å². The van der Waals surface area contributed by atoms with Crippen LogP contribution in [0.2, 0.25) is 0 Å². The number of carbonyl (C=O) groups excluding carboxylic acids is 1. The number of halogens is 1. The van der Waals surface area contributed by atoms with Gasteiger partial charge in [0.15, 0.2) is 5.82 Å². The summed E-state index contributed by atoms with van der Waals surface area (Å²) in [5.41, 5.74) is 1.82. The number of aromatic nitrogens is 4. The van der Waals surface area contributed by atoms with E-state index < -0.39 is 0 Å². The Morgan fingerprint density at radius 2 is 2.12 bits per heavy atom. The van der Waals surface area contributed by atoms with E-state index in [-0.39, 0.29) is 24.7 Å². The summed E-state index contributed by atoms with van der Waals surface area (Å²) in [5, 5.41) is 10.6. The largest absolute Gasteiger partial charge is 0.317 e. The molecule has 0 aliphatic carbocycles. The molecule has 0 saturated carbocycles. The van der Waals surface area contributed by atoms with Crippen LogP contribution in [0.5, 0.6) is 0 Å². The number of anilines is 1. The second kappa shape index (κ2) is 8.21. The predicted molar refractivity (Wildman–Crippen MR) is 94.4 cm³/mol. The highest BCUT2D eigenvalue weighted by Crippen LogP contribution is 2.23. The minimum Gasteiger partial charge on any atom is -0.317 e. The molecule has 0 unspecified atom stereocenters. The Kier molecular flexibility index (Phi) is 6.28. The fourth-order valence-corrected chi connectivity index (χ4v) is 2.72. The third-order valence-electron chi connectivity index (χ3n) is 4.07. The van der Waals surface area contributed by atoms with Crippen molar-refractivity contribution in [1.82, 2.24) is 25.1 Å². The van der Waals surface area contributed by atoms with Crippen molar-refractivity contribution in [2.45, 2.75) is 32.1 Å². The van der Waals surface area contributed by atoms with Crippen LogP contribution in [0, 0.1) is 6.92 Å². The number of rotatable bonds is 4. The standard InChI is InChI=1S/C16H22N6O.ClH/c1-11-3-4-12(10-18-11)9-14(23)19-16-20-15(21-22(16)2)13-5-7-17-8-6-13;/h3-4,10,13,17H,5-9H2,1-2H3,(H,19,20,21,23);1H. The molecule has 0 radical (unpaired) electrons. The first-order chi connectivity index (χ1) is 11.1. The average molecular weight is 351 g/mol. The van der Waals surface area contributed by atoms with Crippen LogP contribution in [0.3, 0.4) is 0 Å². The van der Waals surface area contributed by atoms with E-state index in [0.29, 0.717) is 11.9 Å². The van der Waals surface area contributed by atoms with Crippen molar-refractivity contribution >= 4 is 24.3 Å². The van der Waals surface area contributed by atoms with Crippen molar-refractivity contribution < 1.29 is 4.79 Å².